The second-order valence-electron chi connectivity index (χ2n) is 3.80. The van der Waals surface area contributed by atoms with E-state index in [9.17, 15) is 10.1 Å². The van der Waals surface area contributed by atoms with Crippen molar-refractivity contribution in [1.82, 2.24) is 14.6 Å². The minimum Gasteiger partial charge on any atom is -0.382 e. The van der Waals surface area contributed by atoms with Crippen LogP contribution in [-0.4, -0.2) is 19.5 Å². The van der Waals surface area contributed by atoms with Crippen molar-refractivity contribution in [2.24, 2.45) is 0 Å². The fraction of sp³-hybridized carbons (Fsp3) is 0.333. The Labute approximate surface area is 91.0 Å². The van der Waals surface area contributed by atoms with Crippen LogP contribution in [-0.2, 0) is 0 Å². The maximum Gasteiger partial charge on any atom is 0.309 e. The van der Waals surface area contributed by atoms with Gasteiger partial charge < -0.3 is 5.73 Å². The molecule has 2 rings (SSSR count). The van der Waals surface area contributed by atoms with E-state index in [0.29, 0.717) is 17.2 Å². The fourth-order valence-corrected chi connectivity index (χ4v) is 1.51. The summed E-state index contributed by atoms with van der Waals surface area (Å²) in [5.74, 6) is 0.268. The lowest BCUT2D eigenvalue weighted by Crippen LogP contribution is -2.04. The number of hydrogen-bond donors (Lipinski definition) is 1. The Morgan fingerprint density at radius 3 is 2.81 bits per heavy atom. The van der Waals surface area contributed by atoms with E-state index in [2.05, 4.69) is 10.1 Å². The number of hydrogen-bond acceptors (Lipinski definition) is 5. The van der Waals surface area contributed by atoms with Crippen LogP contribution in [0.15, 0.2) is 12.3 Å². The van der Waals surface area contributed by atoms with E-state index >= 15 is 0 Å². The summed E-state index contributed by atoms with van der Waals surface area (Å²) >= 11 is 0. The van der Waals surface area contributed by atoms with Gasteiger partial charge in [0.05, 0.1) is 4.92 Å². The third-order valence-electron chi connectivity index (χ3n) is 2.22. The Morgan fingerprint density at radius 1 is 1.56 bits per heavy atom. The zero-order valence-electron chi connectivity index (χ0n) is 8.91. The largest absolute Gasteiger partial charge is 0.382 e. The molecule has 7 heteroatoms. The van der Waals surface area contributed by atoms with Crippen molar-refractivity contribution in [3.05, 3.63) is 28.1 Å². The van der Waals surface area contributed by atoms with Gasteiger partial charge in [-0.25, -0.2) is 9.50 Å². The van der Waals surface area contributed by atoms with E-state index in [1.165, 1.54) is 10.7 Å². The molecule has 0 aliphatic rings. The van der Waals surface area contributed by atoms with Crippen LogP contribution in [0.25, 0.3) is 5.65 Å². The molecule has 16 heavy (non-hydrogen) atoms. The van der Waals surface area contributed by atoms with Gasteiger partial charge in [-0.15, -0.1) is 5.10 Å². The second-order valence-corrected chi connectivity index (χ2v) is 3.80. The Bertz CT molecular complexity index is 560. The summed E-state index contributed by atoms with van der Waals surface area (Å²) in [6.45, 7) is 3.71. The molecule has 0 aliphatic heterocycles. The number of rotatable bonds is 2. The van der Waals surface area contributed by atoms with Crippen LogP contribution in [0.2, 0.25) is 0 Å². The van der Waals surface area contributed by atoms with E-state index in [1.54, 1.807) is 6.07 Å². The minimum absolute atomic E-state index is 0.0264. The molecule has 2 aromatic heterocycles. The molecule has 2 aromatic rings. The SMILES string of the molecule is CC(C)c1nc2cc(N)nn2cc1[N+](=O)[O-]. The van der Waals surface area contributed by atoms with Crippen molar-refractivity contribution >= 4 is 17.2 Å². The molecule has 0 saturated heterocycles. The van der Waals surface area contributed by atoms with Gasteiger partial charge in [-0.2, -0.15) is 0 Å². The van der Waals surface area contributed by atoms with E-state index in [-0.39, 0.29) is 11.6 Å². The van der Waals surface area contributed by atoms with Gasteiger partial charge >= 0.3 is 5.69 Å². The molecule has 0 fully saturated rings. The van der Waals surface area contributed by atoms with E-state index in [0.717, 1.165) is 0 Å². The zero-order chi connectivity index (χ0) is 11.9. The number of nitrogen functional groups attached to an aromatic ring is 1. The second kappa shape index (κ2) is 3.44. The lowest BCUT2D eigenvalue weighted by molar-refractivity contribution is -0.386. The molecule has 0 atom stereocenters. The van der Waals surface area contributed by atoms with Crippen LogP contribution >= 0.6 is 0 Å². The van der Waals surface area contributed by atoms with Gasteiger partial charge in [-0.05, 0) is 0 Å². The smallest absolute Gasteiger partial charge is 0.309 e. The third-order valence-corrected chi connectivity index (χ3v) is 2.22. The predicted molar refractivity (Wildman–Crippen MR) is 58.1 cm³/mol. The van der Waals surface area contributed by atoms with Gasteiger partial charge in [-0.1, -0.05) is 13.8 Å². The van der Waals surface area contributed by atoms with Crippen molar-refractivity contribution in [2.75, 3.05) is 5.73 Å². The first kappa shape index (κ1) is 10.3. The summed E-state index contributed by atoms with van der Waals surface area (Å²) in [4.78, 5) is 14.6. The first-order valence-corrected chi connectivity index (χ1v) is 4.79. The molecule has 2 N–H and O–H groups in total. The number of fused-ring (bicyclic) bond motifs is 1. The first-order chi connectivity index (χ1) is 7.49. The first-order valence-electron chi connectivity index (χ1n) is 4.79. The van der Waals surface area contributed by atoms with Crippen LogP contribution in [0.5, 0.6) is 0 Å². The highest BCUT2D eigenvalue weighted by molar-refractivity contribution is 5.52. The summed E-state index contributed by atoms with van der Waals surface area (Å²) in [7, 11) is 0. The molecular weight excluding hydrogens is 210 g/mol. The molecule has 2 heterocycles. The summed E-state index contributed by atoms with van der Waals surface area (Å²) in [5, 5.41) is 14.8. The van der Waals surface area contributed by atoms with Crippen molar-refractivity contribution in [3.8, 4) is 0 Å². The van der Waals surface area contributed by atoms with Crippen LogP contribution < -0.4 is 5.73 Å². The maximum atomic E-state index is 10.9. The Morgan fingerprint density at radius 2 is 2.25 bits per heavy atom. The summed E-state index contributed by atoms with van der Waals surface area (Å²) < 4.78 is 1.32. The number of aromatic nitrogens is 3. The Kier molecular flexibility index (Phi) is 2.22. The lowest BCUT2D eigenvalue weighted by atomic mass is 10.1. The van der Waals surface area contributed by atoms with E-state index < -0.39 is 4.92 Å². The Hall–Kier alpha value is -2.18. The molecule has 84 valence electrons. The van der Waals surface area contributed by atoms with Gasteiger partial charge in [0, 0.05) is 12.0 Å². The van der Waals surface area contributed by atoms with Crippen molar-refractivity contribution in [1.29, 1.82) is 0 Å². The van der Waals surface area contributed by atoms with Gasteiger partial charge in [0.1, 0.15) is 17.7 Å². The summed E-state index contributed by atoms with van der Waals surface area (Å²) in [5.41, 5.74) is 6.43. The predicted octanol–water partition coefficient (Wildman–Crippen LogP) is 1.34. The fourth-order valence-electron chi connectivity index (χ4n) is 1.51. The zero-order valence-corrected chi connectivity index (χ0v) is 8.91. The van der Waals surface area contributed by atoms with Crippen molar-refractivity contribution in [3.63, 3.8) is 0 Å². The third kappa shape index (κ3) is 1.56. The molecule has 0 amide bonds. The highest BCUT2D eigenvalue weighted by Crippen LogP contribution is 2.24. The van der Waals surface area contributed by atoms with E-state index in [1.807, 2.05) is 13.8 Å². The molecule has 0 radical (unpaired) electrons. The normalized spacial score (nSPS) is 11.2. The number of anilines is 1. The molecule has 0 aliphatic carbocycles. The van der Waals surface area contributed by atoms with E-state index in [4.69, 9.17) is 5.73 Å². The van der Waals surface area contributed by atoms with Gasteiger partial charge in [-0.3, -0.25) is 10.1 Å². The molecule has 0 saturated carbocycles. The van der Waals surface area contributed by atoms with Gasteiger partial charge in [0.25, 0.3) is 0 Å². The quantitative estimate of drug-likeness (QED) is 0.609. The monoisotopic (exact) mass is 221 g/mol. The topological polar surface area (TPSA) is 99.3 Å². The van der Waals surface area contributed by atoms with Crippen LogP contribution in [0.3, 0.4) is 0 Å². The van der Waals surface area contributed by atoms with Crippen LogP contribution in [0, 0.1) is 10.1 Å². The average molecular weight is 221 g/mol. The number of nitro groups is 1. The standard InChI is InChI=1S/C9H11N5O2/c1-5(2)9-6(14(15)16)4-13-8(11-9)3-7(10)12-13/h3-5H,1-2H3,(H2,10,12). The molecule has 0 spiro atoms. The molecular formula is C9H11N5O2. The van der Waals surface area contributed by atoms with Crippen molar-refractivity contribution < 1.29 is 4.92 Å². The number of nitrogens with two attached hydrogens (primary N) is 1. The highest BCUT2D eigenvalue weighted by Gasteiger charge is 2.20. The maximum absolute atomic E-state index is 10.9. The highest BCUT2D eigenvalue weighted by atomic mass is 16.6. The lowest BCUT2D eigenvalue weighted by Gasteiger charge is -2.05. The van der Waals surface area contributed by atoms with Gasteiger partial charge in [0.15, 0.2) is 5.65 Å². The molecule has 0 aromatic carbocycles. The van der Waals surface area contributed by atoms with Crippen molar-refractivity contribution in [2.45, 2.75) is 19.8 Å². The summed E-state index contributed by atoms with van der Waals surface area (Å²) in [6.07, 6.45) is 1.34. The molecule has 0 bridgehead atoms. The average Bonchev–Trinajstić information content (AvgIpc) is 2.54. The molecule has 0 unspecified atom stereocenters. The number of nitrogens with zero attached hydrogens (tertiary/aromatic N) is 4. The minimum atomic E-state index is -0.459. The van der Waals surface area contributed by atoms with Crippen LogP contribution in [0.4, 0.5) is 11.5 Å². The van der Waals surface area contributed by atoms with Crippen LogP contribution in [0.1, 0.15) is 25.5 Å². The Balaban J connectivity index is 2.75. The van der Waals surface area contributed by atoms with Gasteiger partial charge in [0.2, 0.25) is 0 Å². The summed E-state index contributed by atoms with van der Waals surface area (Å²) in [6, 6.07) is 1.58. The molecule has 7 nitrogen and oxygen atoms in total.